The zero-order valence-electron chi connectivity index (χ0n) is 13.3. The Balaban J connectivity index is 1.86. The average molecular weight is 322 g/mol. The molecule has 5 heteroatoms. The quantitative estimate of drug-likeness (QED) is 0.911. The largest absolute Gasteiger partial charge is 0.480 e. The van der Waals surface area contributed by atoms with Gasteiger partial charge >= 0.3 is 5.97 Å². The van der Waals surface area contributed by atoms with Gasteiger partial charge in [-0.1, -0.05) is 36.4 Å². The Morgan fingerprint density at radius 1 is 1.12 bits per heavy atom. The molecule has 1 saturated heterocycles. The third-order valence-electron chi connectivity index (χ3n) is 4.31. The minimum absolute atomic E-state index is 0.0787. The lowest BCUT2D eigenvalue weighted by molar-refractivity contribution is -0.141. The number of nitrogens with one attached hydrogen (secondary N) is 1. The van der Waals surface area contributed by atoms with Crippen LogP contribution < -0.4 is 0 Å². The molecule has 0 unspecified atom stereocenters. The first-order valence-corrected chi connectivity index (χ1v) is 7.73. The zero-order valence-corrected chi connectivity index (χ0v) is 13.3. The number of amides is 1. The van der Waals surface area contributed by atoms with Crippen LogP contribution in [0.25, 0.3) is 11.1 Å². The van der Waals surface area contributed by atoms with Crippen LogP contribution in [0.1, 0.15) is 22.3 Å². The molecule has 5 nitrogen and oxygen atoms in total. The lowest BCUT2D eigenvalue weighted by Gasteiger charge is -2.21. The SMILES string of the molecule is Cc1ccccc1-c1ccc(C(=O)N2CC(=N)C[C@H]2C(=O)O)cc1. The maximum absolute atomic E-state index is 12.6. The van der Waals surface area contributed by atoms with E-state index in [1.165, 1.54) is 4.90 Å². The molecule has 1 aliphatic heterocycles. The monoisotopic (exact) mass is 322 g/mol. The van der Waals surface area contributed by atoms with Crippen molar-refractivity contribution in [1.82, 2.24) is 4.90 Å². The van der Waals surface area contributed by atoms with Gasteiger partial charge in [-0.3, -0.25) is 4.79 Å². The van der Waals surface area contributed by atoms with Gasteiger partial charge in [-0.05, 0) is 35.7 Å². The molecule has 1 amide bonds. The lowest BCUT2D eigenvalue weighted by atomic mass is 9.99. The minimum Gasteiger partial charge on any atom is -0.480 e. The molecule has 1 aliphatic rings. The Morgan fingerprint density at radius 3 is 2.42 bits per heavy atom. The highest BCUT2D eigenvalue weighted by atomic mass is 16.4. The Kier molecular flexibility index (Phi) is 4.16. The van der Waals surface area contributed by atoms with Crippen LogP contribution in [-0.2, 0) is 4.79 Å². The van der Waals surface area contributed by atoms with Crippen molar-refractivity contribution < 1.29 is 14.7 Å². The van der Waals surface area contributed by atoms with Crippen LogP contribution in [0.3, 0.4) is 0 Å². The third-order valence-corrected chi connectivity index (χ3v) is 4.31. The summed E-state index contributed by atoms with van der Waals surface area (Å²) < 4.78 is 0. The number of carboxylic acids is 1. The van der Waals surface area contributed by atoms with E-state index in [1.54, 1.807) is 12.1 Å². The summed E-state index contributed by atoms with van der Waals surface area (Å²) in [6.07, 6.45) is 0.0996. The molecule has 2 aromatic rings. The summed E-state index contributed by atoms with van der Waals surface area (Å²) in [6.45, 7) is 2.11. The van der Waals surface area contributed by atoms with Gasteiger partial charge in [-0.25, -0.2) is 4.79 Å². The number of rotatable bonds is 3. The normalized spacial score (nSPS) is 17.1. The van der Waals surface area contributed by atoms with Crippen LogP contribution in [0.2, 0.25) is 0 Å². The van der Waals surface area contributed by atoms with Crippen molar-refractivity contribution in [1.29, 1.82) is 5.41 Å². The van der Waals surface area contributed by atoms with Gasteiger partial charge in [0.05, 0.1) is 6.54 Å². The zero-order chi connectivity index (χ0) is 17.3. The van der Waals surface area contributed by atoms with Crippen molar-refractivity contribution in [2.24, 2.45) is 0 Å². The predicted molar refractivity (Wildman–Crippen MR) is 91.4 cm³/mol. The van der Waals surface area contributed by atoms with Crippen molar-refractivity contribution in [2.75, 3.05) is 6.54 Å². The van der Waals surface area contributed by atoms with Crippen molar-refractivity contribution in [2.45, 2.75) is 19.4 Å². The summed E-state index contributed by atoms with van der Waals surface area (Å²) in [5.41, 5.74) is 3.97. The second-order valence-corrected chi connectivity index (χ2v) is 5.99. The second-order valence-electron chi connectivity index (χ2n) is 5.99. The number of benzene rings is 2. The highest BCUT2D eigenvalue weighted by Gasteiger charge is 2.37. The molecule has 0 radical (unpaired) electrons. The molecule has 0 aromatic heterocycles. The number of hydrogen-bond acceptors (Lipinski definition) is 3. The van der Waals surface area contributed by atoms with E-state index in [4.69, 9.17) is 5.41 Å². The maximum Gasteiger partial charge on any atom is 0.326 e. The highest BCUT2D eigenvalue weighted by Crippen LogP contribution is 2.25. The van der Waals surface area contributed by atoms with E-state index in [9.17, 15) is 14.7 Å². The number of hydrogen-bond donors (Lipinski definition) is 2. The van der Waals surface area contributed by atoms with Crippen LogP contribution in [0.15, 0.2) is 48.5 Å². The summed E-state index contributed by atoms with van der Waals surface area (Å²) >= 11 is 0. The molecular formula is C19H18N2O3. The van der Waals surface area contributed by atoms with Crippen LogP contribution >= 0.6 is 0 Å². The number of carbonyl (C=O) groups is 2. The number of aliphatic carboxylic acids is 1. The van der Waals surface area contributed by atoms with Gasteiger partial charge in [0.25, 0.3) is 5.91 Å². The number of carbonyl (C=O) groups excluding carboxylic acids is 1. The van der Waals surface area contributed by atoms with Gasteiger partial charge in [0.15, 0.2) is 0 Å². The summed E-state index contributed by atoms with van der Waals surface area (Å²) in [6, 6.07) is 14.2. The van der Waals surface area contributed by atoms with Crippen LogP contribution in [0, 0.1) is 12.3 Å². The molecule has 3 rings (SSSR count). The van der Waals surface area contributed by atoms with E-state index in [1.807, 2.05) is 43.3 Å². The first-order valence-electron chi connectivity index (χ1n) is 7.73. The summed E-state index contributed by atoms with van der Waals surface area (Å²) in [4.78, 5) is 25.1. The Labute approximate surface area is 140 Å². The number of aryl methyl sites for hydroxylation is 1. The van der Waals surface area contributed by atoms with Gasteiger partial charge in [0, 0.05) is 17.7 Å². The van der Waals surface area contributed by atoms with E-state index in [2.05, 4.69) is 0 Å². The Morgan fingerprint density at radius 2 is 1.79 bits per heavy atom. The van der Waals surface area contributed by atoms with Crippen molar-refractivity contribution in [3.05, 3.63) is 59.7 Å². The third kappa shape index (κ3) is 2.93. The van der Waals surface area contributed by atoms with Crippen LogP contribution in [0.5, 0.6) is 0 Å². The molecule has 1 heterocycles. The van der Waals surface area contributed by atoms with E-state index >= 15 is 0 Å². The fourth-order valence-corrected chi connectivity index (χ4v) is 3.01. The molecule has 0 aliphatic carbocycles. The van der Waals surface area contributed by atoms with E-state index in [0.29, 0.717) is 5.56 Å². The van der Waals surface area contributed by atoms with Gasteiger partial charge in [-0.15, -0.1) is 0 Å². The summed E-state index contributed by atoms with van der Waals surface area (Å²) in [5.74, 6) is -1.41. The molecule has 0 bridgehead atoms. The van der Waals surface area contributed by atoms with Crippen LogP contribution in [0.4, 0.5) is 0 Å². The first kappa shape index (κ1) is 15.9. The molecule has 2 aromatic carbocycles. The molecule has 122 valence electrons. The number of nitrogens with zero attached hydrogens (tertiary/aromatic N) is 1. The van der Waals surface area contributed by atoms with Crippen LogP contribution in [-0.4, -0.2) is 40.2 Å². The molecule has 1 fully saturated rings. The standard InChI is InChI=1S/C19H18N2O3/c1-12-4-2-3-5-16(12)13-6-8-14(9-7-13)18(22)21-11-15(20)10-17(21)19(23)24/h2-9,17,20H,10-11H2,1H3,(H,23,24)/t17-/m0/s1. The fraction of sp³-hybridized carbons (Fsp3) is 0.211. The molecule has 1 atom stereocenters. The highest BCUT2D eigenvalue weighted by molar-refractivity contribution is 6.03. The number of carboxylic acid groups (broad SMARTS) is 1. The van der Waals surface area contributed by atoms with Gasteiger partial charge in [0.1, 0.15) is 6.04 Å². The summed E-state index contributed by atoms with van der Waals surface area (Å²) in [5, 5.41) is 16.9. The van der Waals surface area contributed by atoms with E-state index in [0.717, 1.165) is 16.7 Å². The number of likely N-dealkylation sites (tertiary alicyclic amines) is 1. The van der Waals surface area contributed by atoms with Gasteiger partial charge < -0.3 is 15.4 Å². The Bertz CT molecular complexity index is 812. The van der Waals surface area contributed by atoms with Crippen molar-refractivity contribution >= 4 is 17.6 Å². The smallest absolute Gasteiger partial charge is 0.326 e. The average Bonchev–Trinajstić information content (AvgIpc) is 2.97. The molecule has 2 N–H and O–H groups in total. The predicted octanol–water partition coefficient (Wildman–Crippen LogP) is 2.98. The molecule has 0 spiro atoms. The van der Waals surface area contributed by atoms with Crippen molar-refractivity contribution in [3.63, 3.8) is 0 Å². The first-order chi connectivity index (χ1) is 11.5. The molecule has 24 heavy (non-hydrogen) atoms. The molecule has 0 saturated carbocycles. The lowest BCUT2D eigenvalue weighted by Crippen LogP contribution is -2.40. The Hall–Kier alpha value is -2.95. The summed E-state index contributed by atoms with van der Waals surface area (Å²) in [7, 11) is 0. The van der Waals surface area contributed by atoms with Crippen molar-refractivity contribution in [3.8, 4) is 11.1 Å². The fourth-order valence-electron chi connectivity index (χ4n) is 3.01. The van der Waals surface area contributed by atoms with Gasteiger partial charge in [-0.2, -0.15) is 0 Å². The van der Waals surface area contributed by atoms with Gasteiger partial charge in [0.2, 0.25) is 0 Å². The van der Waals surface area contributed by atoms with E-state index in [-0.39, 0.29) is 24.6 Å². The second kappa shape index (κ2) is 6.28. The minimum atomic E-state index is -1.07. The van der Waals surface area contributed by atoms with E-state index < -0.39 is 12.0 Å². The topological polar surface area (TPSA) is 81.5 Å². The maximum atomic E-state index is 12.6. The molecular weight excluding hydrogens is 304 g/mol.